The van der Waals surface area contributed by atoms with Gasteiger partial charge in [-0.2, -0.15) is 0 Å². The van der Waals surface area contributed by atoms with Crippen molar-refractivity contribution in [3.8, 4) is 11.1 Å². The van der Waals surface area contributed by atoms with Crippen LogP contribution in [0.4, 0.5) is 4.39 Å². The molecule has 0 spiro atoms. The quantitative estimate of drug-likeness (QED) is 0.670. The third-order valence-corrected chi connectivity index (χ3v) is 3.26. The van der Waals surface area contributed by atoms with Crippen molar-refractivity contribution in [2.45, 2.75) is 19.3 Å². The summed E-state index contributed by atoms with van der Waals surface area (Å²) < 4.78 is 13.1. The molecule has 0 bridgehead atoms. The number of hydrogen-bond donors (Lipinski definition) is 0. The smallest absolute Gasteiger partial charge is 0.123 e. The predicted molar refractivity (Wildman–Crippen MR) is 63.9 cm³/mol. The first-order valence-corrected chi connectivity index (χ1v) is 5.71. The first kappa shape index (κ1) is 9.59. The van der Waals surface area contributed by atoms with E-state index >= 15 is 0 Å². The van der Waals surface area contributed by atoms with Crippen LogP contribution in [0.15, 0.2) is 42.5 Å². The lowest BCUT2D eigenvalue weighted by Crippen LogP contribution is -1.85. The molecule has 0 N–H and O–H groups in total. The standard InChI is InChI=1S/C15H13F/c16-15-6-2-5-13(10-15)14-8-7-11-3-1-4-12(11)9-14/h2,5-10H,1,3-4H2. The zero-order valence-corrected chi connectivity index (χ0v) is 9.04. The largest absolute Gasteiger partial charge is 0.207 e. The second-order valence-electron chi connectivity index (χ2n) is 4.35. The molecule has 0 amide bonds. The van der Waals surface area contributed by atoms with Crippen molar-refractivity contribution < 1.29 is 4.39 Å². The Balaban J connectivity index is 2.07. The van der Waals surface area contributed by atoms with Crippen molar-refractivity contribution in [3.63, 3.8) is 0 Å². The van der Waals surface area contributed by atoms with Crippen LogP contribution in [0.1, 0.15) is 17.5 Å². The summed E-state index contributed by atoms with van der Waals surface area (Å²) in [6, 6.07) is 13.3. The molecule has 0 radical (unpaired) electrons. The molecule has 0 unspecified atom stereocenters. The van der Waals surface area contributed by atoms with Gasteiger partial charge in [-0.1, -0.05) is 30.3 Å². The lowest BCUT2D eigenvalue weighted by Gasteiger charge is -2.05. The molecule has 2 aromatic rings. The second-order valence-corrected chi connectivity index (χ2v) is 4.35. The van der Waals surface area contributed by atoms with Crippen LogP contribution >= 0.6 is 0 Å². The summed E-state index contributed by atoms with van der Waals surface area (Å²) in [5.41, 5.74) is 4.98. The molecule has 0 nitrogen and oxygen atoms in total. The number of halogens is 1. The molecule has 1 aliphatic rings. The van der Waals surface area contributed by atoms with Gasteiger partial charge in [0, 0.05) is 0 Å². The second kappa shape index (κ2) is 3.75. The van der Waals surface area contributed by atoms with E-state index in [-0.39, 0.29) is 5.82 Å². The van der Waals surface area contributed by atoms with E-state index in [1.807, 2.05) is 6.07 Å². The number of hydrogen-bond acceptors (Lipinski definition) is 0. The Hall–Kier alpha value is -1.63. The molecule has 0 aromatic heterocycles. The van der Waals surface area contributed by atoms with Crippen molar-refractivity contribution in [1.29, 1.82) is 0 Å². The first-order chi connectivity index (χ1) is 7.83. The maximum Gasteiger partial charge on any atom is 0.123 e. The van der Waals surface area contributed by atoms with Crippen LogP contribution < -0.4 is 0 Å². The van der Waals surface area contributed by atoms with Crippen molar-refractivity contribution in [2.75, 3.05) is 0 Å². The highest BCUT2D eigenvalue weighted by Crippen LogP contribution is 2.28. The molecule has 0 atom stereocenters. The normalized spacial score (nSPS) is 13.8. The van der Waals surface area contributed by atoms with Crippen LogP contribution in [0.2, 0.25) is 0 Å². The van der Waals surface area contributed by atoms with Crippen molar-refractivity contribution in [2.24, 2.45) is 0 Å². The highest BCUT2D eigenvalue weighted by atomic mass is 19.1. The van der Waals surface area contributed by atoms with Gasteiger partial charge in [0.1, 0.15) is 5.82 Å². The van der Waals surface area contributed by atoms with Crippen molar-refractivity contribution in [3.05, 3.63) is 59.4 Å². The Bertz CT molecular complexity index is 529. The summed E-state index contributed by atoms with van der Waals surface area (Å²) in [6.07, 6.45) is 3.61. The van der Waals surface area contributed by atoms with Gasteiger partial charge in [-0.15, -0.1) is 0 Å². The Kier molecular flexibility index (Phi) is 2.24. The fraction of sp³-hybridized carbons (Fsp3) is 0.200. The summed E-state index contributed by atoms with van der Waals surface area (Å²) in [5.74, 6) is -0.169. The number of rotatable bonds is 1. The van der Waals surface area contributed by atoms with E-state index in [2.05, 4.69) is 18.2 Å². The fourth-order valence-corrected chi connectivity index (χ4v) is 2.42. The average Bonchev–Trinajstić information content (AvgIpc) is 2.75. The summed E-state index contributed by atoms with van der Waals surface area (Å²) in [7, 11) is 0. The molecule has 0 heterocycles. The van der Waals surface area contributed by atoms with E-state index < -0.39 is 0 Å². The maximum atomic E-state index is 13.1. The van der Waals surface area contributed by atoms with Gasteiger partial charge in [0.05, 0.1) is 0 Å². The van der Waals surface area contributed by atoms with Gasteiger partial charge in [0.2, 0.25) is 0 Å². The van der Waals surface area contributed by atoms with Gasteiger partial charge in [-0.25, -0.2) is 4.39 Å². The summed E-state index contributed by atoms with van der Waals surface area (Å²) in [4.78, 5) is 0. The molecule has 3 rings (SSSR count). The van der Waals surface area contributed by atoms with Gasteiger partial charge in [0.25, 0.3) is 0 Å². The van der Waals surface area contributed by atoms with E-state index in [4.69, 9.17) is 0 Å². The lowest BCUT2D eigenvalue weighted by atomic mass is 10.0. The van der Waals surface area contributed by atoms with Crippen LogP contribution in [-0.4, -0.2) is 0 Å². The van der Waals surface area contributed by atoms with Gasteiger partial charge >= 0.3 is 0 Å². The molecule has 0 aliphatic heterocycles. The van der Waals surface area contributed by atoms with Gasteiger partial charge in [-0.05, 0) is 53.6 Å². The number of fused-ring (bicyclic) bond motifs is 1. The molecule has 16 heavy (non-hydrogen) atoms. The van der Waals surface area contributed by atoms with E-state index in [1.54, 1.807) is 12.1 Å². The zero-order chi connectivity index (χ0) is 11.0. The monoisotopic (exact) mass is 212 g/mol. The van der Waals surface area contributed by atoms with E-state index in [1.165, 1.54) is 36.5 Å². The van der Waals surface area contributed by atoms with Crippen molar-refractivity contribution >= 4 is 0 Å². The maximum absolute atomic E-state index is 13.1. The zero-order valence-electron chi connectivity index (χ0n) is 9.04. The average molecular weight is 212 g/mol. The van der Waals surface area contributed by atoms with Gasteiger partial charge in [-0.3, -0.25) is 0 Å². The van der Waals surface area contributed by atoms with Crippen LogP contribution in [0.3, 0.4) is 0 Å². The highest BCUT2D eigenvalue weighted by molar-refractivity contribution is 5.65. The third kappa shape index (κ3) is 1.63. The summed E-state index contributed by atoms with van der Waals surface area (Å²) >= 11 is 0. The third-order valence-electron chi connectivity index (χ3n) is 3.26. The molecular formula is C15H13F. The van der Waals surface area contributed by atoms with Gasteiger partial charge in [0.15, 0.2) is 0 Å². The topological polar surface area (TPSA) is 0 Å². The Morgan fingerprint density at radius 1 is 0.812 bits per heavy atom. The molecule has 0 fully saturated rings. The molecule has 0 saturated carbocycles. The van der Waals surface area contributed by atoms with Crippen LogP contribution in [0.5, 0.6) is 0 Å². The van der Waals surface area contributed by atoms with Crippen LogP contribution in [0.25, 0.3) is 11.1 Å². The fourth-order valence-electron chi connectivity index (χ4n) is 2.42. The van der Waals surface area contributed by atoms with Crippen molar-refractivity contribution in [1.82, 2.24) is 0 Å². The predicted octanol–water partition coefficient (Wildman–Crippen LogP) is 3.98. The lowest BCUT2D eigenvalue weighted by molar-refractivity contribution is 0.628. The minimum Gasteiger partial charge on any atom is -0.207 e. The molecule has 1 heteroatoms. The van der Waals surface area contributed by atoms with Crippen LogP contribution in [0, 0.1) is 5.82 Å². The minimum absolute atomic E-state index is 0.169. The van der Waals surface area contributed by atoms with E-state index in [9.17, 15) is 4.39 Å². The van der Waals surface area contributed by atoms with Crippen LogP contribution in [-0.2, 0) is 12.8 Å². The molecule has 1 aliphatic carbocycles. The molecule has 2 aromatic carbocycles. The number of aryl methyl sites for hydroxylation is 2. The Labute approximate surface area is 94.7 Å². The van der Waals surface area contributed by atoms with E-state index in [0.717, 1.165) is 11.1 Å². The minimum atomic E-state index is -0.169. The SMILES string of the molecule is Fc1cccc(-c2ccc3c(c2)CCC3)c1. The molecular weight excluding hydrogens is 199 g/mol. The number of benzene rings is 2. The van der Waals surface area contributed by atoms with Gasteiger partial charge < -0.3 is 0 Å². The first-order valence-electron chi connectivity index (χ1n) is 5.71. The summed E-state index contributed by atoms with van der Waals surface area (Å²) in [5, 5.41) is 0. The molecule has 0 saturated heterocycles. The Morgan fingerprint density at radius 2 is 1.62 bits per heavy atom. The molecule has 80 valence electrons. The van der Waals surface area contributed by atoms with E-state index in [0.29, 0.717) is 0 Å². The summed E-state index contributed by atoms with van der Waals surface area (Å²) in [6.45, 7) is 0. The highest BCUT2D eigenvalue weighted by Gasteiger charge is 2.11. The Morgan fingerprint density at radius 3 is 2.50 bits per heavy atom.